The number of rotatable bonds is 2. The van der Waals surface area contributed by atoms with Gasteiger partial charge in [-0.15, -0.1) is 0 Å². The summed E-state index contributed by atoms with van der Waals surface area (Å²) in [7, 11) is 0. The SMILES string of the molecule is Nc1cn(CC2OCCc3ccccc32)ccc1=O. The Labute approximate surface area is 111 Å². The van der Waals surface area contributed by atoms with Crippen LogP contribution in [0.25, 0.3) is 0 Å². The van der Waals surface area contributed by atoms with E-state index in [1.807, 2.05) is 10.6 Å². The van der Waals surface area contributed by atoms with Crippen LogP contribution in [0.5, 0.6) is 0 Å². The molecule has 0 saturated heterocycles. The maximum absolute atomic E-state index is 11.3. The Hall–Kier alpha value is -2.07. The first-order valence-electron chi connectivity index (χ1n) is 6.39. The predicted molar refractivity (Wildman–Crippen MR) is 74.0 cm³/mol. The summed E-state index contributed by atoms with van der Waals surface area (Å²) in [6.07, 6.45) is 4.40. The molecule has 1 aliphatic rings. The van der Waals surface area contributed by atoms with Crippen molar-refractivity contribution in [3.05, 3.63) is 64.1 Å². The van der Waals surface area contributed by atoms with Crippen molar-refractivity contribution in [1.29, 1.82) is 0 Å². The van der Waals surface area contributed by atoms with Gasteiger partial charge in [-0.3, -0.25) is 4.79 Å². The highest BCUT2D eigenvalue weighted by molar-refractivity contribution is 5.34. The molecule has 2 heterocycles. The highest BCUT2D eigenvalue weighted by atomic mass is 16.5. The molecule has 2 N–H and O–H groups in total. The van der Waals surface area contributed by atoms with Gasteiger partial charge in [0.15, 0.2) is 0 Å². The van der Waals surface area contributed by atoms with Crippen LogP contribution in [0.15, 0.2) is 47.5 Å². The lowest BCUT2D eigenvalue weighted by Crippen LogP contribution is -2.21. The van der Waals surface area contributed by atoms with Crippen molar-refractivity contribution in [2.45, 2.75) is 19.1 Å². The van der Waals surface area contributed by atoms with E-state index in [9.17, 15) is 4.79 Å². The normalized spacial score (nSPS) is 18.0. The molecule has 1 aromatic heterocycles. The third-order valence-corrected chi connectivity index (χ3v) is 3.48. The molecular formula is C15H16N2O2. The van der Waals surface area contributed by atoms with E-state index in [1.165, 1.54) is 17.2 Å². The minimum Gasteiger partial charge on any atom is -0.394 e. The second-order valence-corrected chi connectivity index (χ2v) is 4.77. The van der Waals surface area contributed by atoms with Crippen LogP contribution in [0.1, 0.15) is 17.2 Å². The molecule has 98 valence electrons. The number of pyridine rings is 1. The van der Waals surface area contributed by atoms with Gasteiger partial charge in [0.05, 0.1) is 18.8 Å². The summed E-state index contributed by atoms with van der Waals surface area (Å²) in [5, 5.41) is 0. The Kier molecular flexibility index (Phi) is 3.09. The molecule has 0 radical (unpaired) electrons. The molecule has 1 aromatic carbocycles. The highest BCUT2D eigenvalue weighted by Gasteiger charge is 2.20. The highest BCUT2D eigenvalue weighted by Crippen LogP contribution is 2.28. The molecule has 1 unspecified atom stereocenters. The van der Waals surface area contributed by atoms with Gasteiger partial charge in [0, 0.05) is 18.5 Å². The minimum atomic E-state index is -0.138. The van der Waals surface area contributed by atoms with Crippen molar-refractivity contribution in [2.24, 2.45) is 0 Å². The number of nitrogen functional groups attached to an aromatic ring is 1. The fourth-order valence-corrected chi connectivity index (χ4v) is 2.48. The van der Waals surface area contributed by atoms with Gasteiger partial charge >= 0.3 is 0 Å². The largest absolute Gasteiger partial charge is 0.394 e. The second kappa shape index (κ2) is 4.90. The Balaban J connectivity index is 1.88. The van der Waals surface area contributed by atoms with Crippen LogP contribution < -0.4 is 11.2 Å². The number of benzene rings is 1. The van der Waals surface area contributed by atoms with Crippen LogP contribution >= 0.6 is 0 Å². The first-order valence-corrected chi connectivity index (χ1v) is 6.39. The van der Waals surface area contributed by atoms with E-state index < -0.39 is 0 Å². The van der Waals surface area contributed by atoms with E-state index in [4.69, 9.17) is 10.5 Å². The monoisotopic (exact) mass is 256 g/mol. The number of nitrogens with zero attached hydrogens (tertiary/aromatic N) is 1. The van der Waals surface area contributed by atoms with E-state index in [2.05, 4.69) is 18.2 Å². The third kappa shape index (κ3) is 2.39. The molecule has 0 spiro atoms. The number of fused-ring (bicyclic) bond motifs is 1. The van der Waals surface area contributed by atoms with E-state index in [-0.39, 0.29) is 17.2 Å². The molecule has 0 saturated carbocycles. The lowest BCUT2D eigenvalue weighted by molar-refractivity contribution is 0.0305. The Morgan fingerprint density at radius 3 is 3.00 bits per heavy atom. The van der Waals surface area contributed by atoms with Crippen LogP contribution in [-0.4, -0.2) is 11.2 Å². The summed E-state index contributed by atoms with van der Waals surface area (Å²) in [5.41, 5.74) is 8.35. The average Bonchev–Trinajstić information content (AvgIpc) is 2.43. The van der Waals surface area contributed by atoms with Gasteiger partial charge in [0.2, 0.25) is 5.43 Å². The van der Waals surface area contributed by atoms with Gasteiger partial charge in [-0.2, -0.15) is 0 Å². The summed E-state index contributed by atoms with van der Waals surface area (Å²) in [4.78, 5) is 11.3. The zero-order chi connectivity index (χ0) is 13.2. The van der Waals surface area contributed by atoms with E-state index in [0.29, 0.717) is 6.54 Å². The number of hydrogen-bond acceptors (Lipinski definition) is 3. The number of nitrogens with two attached hydrogens (primary N) is 1. The minimum absolute atomic E-state index is 0.0202. The second-order valence-electron chi connectivity index (χ2n) is 4.77. The van der Waals surface area contributed by atoms with Crippen molar-refractivity contribution in [2.75, 3.05) is 12.3 Å². The van der Waals surface area contributed by atoms with Gasteiger partial charge in [-0.1, -0.05) is 24.3 Å². The Morgan fingerprint density at radius 1 is 1.32 bits per heavy atom. The molecule has 3 rings (SSSR count). The van der Waals surface area contributed by atoms with Gasteiger partial charge in [0.25, 0.3) is 0 Å². The maximum atomic E-state index is 11.3. The van der Waals surface area contributed by atoms with E-state index >= 15 is 0 Å². The topological polar surface area (TPSA) is 57.2 Å². The van der Waals surface area contributed by atoms with Crippen molar-refractivity contribution in [1.82, 2.24) is 4.57 Å². The van der Waals surface area contributed by atoms with Crippen molar-refractivity contribution >= 4 is 5.69 Å². The summed E-state index contributed by atoms with van der Waals surface area (Å²) in [5.74, 6) is 0. The number of aromatic nitrogens is 1. The lowest BCUT2D eigenvalue weighted by Gasteiger charge is -2.26. The molecule has 4 heteroatoms. The smallest absolute Gasteiger partial charge is 0.204 e. The van der Waals surface area contributed by atoms with Crippen LogP contribution in [-0.2, 0) is 17.7 Å². The Bertz CT molecular complexity index is 649. The zero-order valence-corrected chi connectivity index (χ0v) is 10.6. The predicted octanol–water partition coefficient (Wildman–Crippen LogP) is 1.74. The summed E-state index contributed by atoms with van der Waals surface area (Å²) >= 11 is 0. The molecule has 0 aliphatic carbocycles. The first-order chi connectivity index (χ1) is 9.24. The molecule has 2 aromatic rings. The van der Waals surface area contributed by atoms with E-state index in [1.54, 1.807) is 12.4 Å². The average molecular weight is 256 g/mol. The number of hydrogen-bond donors (Lipinski definition) is 1. The van der Waals surface area contributed by atoms with Gasteiger partial charge in [-0.05, 0) is 17.5 Å². The van der Waals surface area contributed by atoms with Crippen molar-refractivity contribution in [3.8, 4) is 0 Å². The standard InChI is InChI=1S/C15H16N2O2/c16-13-9-17(7-5-14(13)18)10-15-12-4-2-1-3-11(12)6-8-19-15/h1-5,7,9,15H,6,8,10,16H2. The molecule has 0 fully saturated rings. The molecule has 1 aliphatic heterocycles. The summed E-state index contributed by atoms with van der Waals surface area (Å²) < 4.78 is 7.74. The maximum Gasteiger partial charge on any atom is 0.204 e. The van der Waals surface area contributed by atoms with Gasteiger partial charge < -0.3 is 15.0 Å². The third-order valence-electron chi connectivity index (χ3n) is 3.48. The van der Waals surface area contributed by atoms with E-state index in [0.717, 1.165) is 13.0 Å². The Morgan fingerprint density at radius 2 is 2.16 bits per heavy atom. The molecular weight excluding hydrogens is 240 g/mol. The van der Waals surface area contributed by atoms with Crippen LogP contribution in [0.4, 0.5) is 5.69 Å². The first kappa shape index (κ1) is 12.0. The fraction of sp³-hybridized carbons (Fsp3) is 0.267. The lowest BCUT2D eigenvalue weighted by atomic mass is 9.97. The van der Waals surface area contributed by atoms with Crippen molar-refractivity contribution < 1.29 is 4.74 Å². The molecule has 19 heavy (non-hydrogen) atoms. The van der Waals surface area contributed by atoms with Crippen LogP contribution in [0.2, 0.25) is 0 Å². The molecule has 1 atom stereocenters. The number of ether oxygens (including phenoxy) is 1. The van der Waals surface area contributed by atoms with Crippen LogP contribution in [0, 0.1) is 0 Å². The van der Waals surface area contributed by atoms with Crippen LogP contribution in [0.3, 0.4) is 0 Å². The summed E-state index contributed by atoms with van der Waals surface area (Å²) in [6.45, 7) is 1.40. The fourth-order valence-electron chi connectivity index (χ4n) is 2.48. The number of anilines is 1. The van der Waals surface area contributed by atoms with Gasteiger partial charge in [-0.25, -0.2) is 0 Å². The molecule has 4 nitrogen and oxygen atoms in total. The quantitative estimate of drug-likeness (QED) is 0.890. The van der Waals surface area contributed by atoms with Gasteiger partial charge in [0.1, 0.15) is 6.10 Å². The molecule has 0 amide bonds. The van der Waals surface area contributed by atoms with Crippen molar-refractivity contribution in [3.63, 3.8) is 0 Å². The summed E-state index contributed by atoms with van der Waals surface area (Å²) in [6, 6.07) is 9.82. The molecule has 0 bridgehead atoms. The zero-order valence-electron chi connectivity index (χ0n) is 10.6.